The highest BCUT2D eigenvalue weighted by molar-refractivity contribution is 6.25. The summed E-state index contributed by atoms with van der Waals surface area (Å²) in [5.74, 6) is -2.13. The van der Waals surface area contributed by atoms with Gasteiger partial charge in [-0.2, -0.15) is 0 Å². The number of ether oxygens (including phenoxy) is 3. The van der Waals surface area contributed by atoms with Gasteiger partial charge < -0.3 is 30.6 Å². The second-order valence-electron chi connectivity index (χ2n) is 8.66. The van der Waals surface area contributed by atoms with Crippen molar-refractivity contribution in [3.05, 3.63) is 58.4 Å². The molecule has 3 heterocycles. The first-order chi connectivity index (χ1) is 16.2. The fraction of sp³-hybridized carbons (Fsp3) is 0.391. The topological polar surface area (TPSA) is 154 Å². The van der Waals surface area contributed by atoms with E-state index in [1.54, 1.807) is 35.2 Å². The smallest absolute Gasteiger partial charge is 0.404 e. The van der Waals surface area contributed by atoms with Gasteiger partial charge in [-0.25, -0.2) is 9.59 Å². The molecule has 1 aromatic carbocycles. The van der Waals surface area contributed by atoms with Crippen molar-refractivity contribution in [1.82, 2.24) is 9.80 Å². The highest BCUT2D eigenvalue weighted by Gasteiger charge is 2.76. The summed E-state index contributed by atoms with van der Waals surface area (Å²) in [6, 6.07) is 8.19. The number of nitrogens with zero attached hydrogens (tertiary/aromatic N) is 2. The molecule has 34 heavy (non-hydrogen) atoms. The van der Waals surface area contributed by atoms with Crippen LogP contribution in [0.4, 0.5) is 4.79 Å². The van der Waals surface area contributed by atoms with E-state index in [9.17, 15) is 19.2 Å². The number of piperazine rings is 1. The highest BCUT2D eigenvalue weighted by Crippen LogP contribution is 2.59. The highest BCUT2D eigenvalue weighted by atomic mass is 16.6. The van der Waals surface area contributed by atoms with Gasteiger partial charge in [0, 0.05) is 24.8 Å². The number of carbonyl (C=O) groups excluding carboxylic acids is 4. The lowest BCUT2D eigenvalue weighted by atomic mass is 9.82. The van der Waals surface area contributed by atoms with Crippen LogP contribution in [0.1, 0.15) is 17.3 Å². The van der Waals surface area contributed by atoms with Crippen molar-refractivity contribution in [2.75, 3.05) is 27.0 Å². The van der Waals surface area contributed by atoms with E-state index in [4.69, 9.17) is 25.7 Å². The first kappa shape index (κ1) is 22.1. The standard InChI is InChI=1S/C23H24N4O7/c1-11-16(24)19(29)15-13(9-33-22(25)31)23(32-2)20-14(8-27(23)17(15)18(11)28)26(20)10-34-21(30)12-6-4-3-5-7-12/h3-7,13-14,20H,8-10,24H2,1-2H3,(H2,25,31)/t13-,14+,20+,23-,26?/m1/s1. The van der Waals surface area contributed by atoms with E-state index in [0.29, 0.717) is 12.1 Å². The SMILES string of the molecule is CO[C@@]12[C@H](COC(N)=O)C3=C(C(=O)C(C)=C(N)C3=O)N1C[C@H]1[C@@H]2N1COC(=O)c1ccccc1. The van der Waals surface area contributed by atoms with Crippen molar-refractivity contribution >= 4 is 23.6 Å². The zero-order chi connectivity index (χ0) is 24.4. The van der Waals surface area contributed by atoms with Gasteiger partial charge in [-0.15, -0.1) is 0 Å². The number of carbonyl (C=O) groups is 4. The summed E-state index contributed by atoms with van der Waals surface area (Å²) >= 11 is 0. The van der Waals surface area contributed by atoms with Crippen LogP contribution < -0.4 is 11.5 Å². The first-order valence-corrected chi connectivity index (χ1v) is 10.8. The van der Waals surface area contributed by atoms with Crippen molar-refractivity contribution in [3.63, 3.8) is 0 Å². The average Bonchev–Trinajstić information content (AvgIpc) is 3.29. The van der Waals surface area contributed by atoms with Crippen molar-refractivity contribution in [2.24, 2.45) is 17.4 Å². The molecule has 0 saturated carbocycles. The molecule has 4 N–H and O–H groups in total. The third-order valence-corrected chi connectivity index (χ3v) is 7.17. The summed E-state index contributed by atoms with van der Waals surface area (Å²) in [7, 11) is 1.47. The summed E-state index contributed by atoms with van der Waals surface area (Å²) in [5.41, 5.74) is 10.8. The Bertz CT molecular complexity index is 1180. The maximum absolute atomic E-state index is 13.2. The van der Waals surface area contributed by atoms with Crippen molar-refractivity contribution in [1.29, 1.82) is 0 Å². The lowest BCUT2D eigenvalue weighted by Crippen LogP contribution is -2.55. The number of fused-ring (bicyclic) bond motifs is 4. The van der Waals surface area contributed by atoms with Crippen LogP contribution in [0.2, 0.25) is 0 Å². The second-order valence-corrected chi connectivity index (χ2v) is 8.66. The minimum Gasteiger partial charge on any atom is -0.449 e. The Morgan fingerprint density at radius 3 is 2.50 bits per heavy atom. The summed E-state index contributed by atoms with van der Waals surface area (Å²) < 4.78 is 16.6. The van der Waals surface area contributed by atoms with E-state index >= 15 is 0 Å². The molecule has 1 aromatic rings. The first-order valence-electron chi connectivity index (χ1n) is 10.8. The predicted molar refractivity (Wildman–Crippen MR) is 116 cm³/mol. The lowest BCUT2D eigenvalue weighted by molar-refractivity contribution is -0.148. The van der Waals surface area contributed by atoms with E-state index in [2.05, 4.69) is 0 Å². The van der Waals surface area contributed by atoms with Crippen molar-refractivity contribution < 1.29 is 33.4 Å². The number of amides is 1. The molecule has 5 atom stereocenters. The van der Waals surface area contributed by atoms with Gasteiger partial charge in [-0.3, -0.25) is 14.5 Å². The van der Waals surface area contributed by atoms with Gasteiger partial charge in [0.25, 0.3) is 0 Å². The van der Waals surface area contributed by atoms with Gasteiger partial charge in [0.2, 0.25) is 11.6 Å². The molecular formula is C23H24N4O7. The monoisotopic (exact) mass is 468 g/mol. The number of hydrogen-bond donors (Lipinski definition) is 2. The van der Waals surface area contributed by atoms with Crippen LogP contribution in [-0.2, 0) is 23.8 Å². The Morgan fingerprint density at radius 1 is 1.15 bits per heavy atom. The summed E-state index contributed by atoms with van der Waals surface area (Å²) in [4.78, 5) is 53.8. The number of benzene rings is 1. The van der Waals surface area contributed by atoms with Crippen LogP contribution in [0.5, 0.6) is 0 Å². The predicted octanol–water partition coefficient (Wildman–Crippen LogP) is -0.124. The molecule has 0 radical (unpaired) electrons. The van der Waals surface area contributed by atoms with Gasteiger partial charge in [-0.1, -0.05) is 18.2 Å². The van der Waals surface area contributed by atoms with Crippen LogP contribution in [0.3, 0.4) is 0 Å². The Kier molecular flexibility index (Phi) is 4.99. The summed E-state index contributed by atoms with van der Waals surface area (Å²) in [5, 5.41) is 0. The number of esters is 1. The van der Waals surface area contributed by atoms with E-state index in [-0.39, 0.29) is 53.7 Å². The number of primary amides is 1. The van der Waals surface area contributed by atoms with Crippen LogP contribution in [0.15, 0.2) is 52.9 Å². The molecule has 178 valence electrons. The average molecular weight is 468 g/mol. The zero-order valence-corrected chi connectivity index (χ0v) is 18.6. The van der Waals surface area contributed by atoms with E-state index in [1.807, 2.05) is 4.90 Å². The molecule has 2 saturated heterocycles. The van der Waals surface area contributed by atoms with Gasteiger partial charge in [0.15, 0.2) is 5.72 Å². The van der Waals surface area contributed by atoms with Crippen LogP contribution in [0.25, 0.3) is 0 Å². The number of ketones is 2. The van der Waals surface area contributed by atoms with Gasteiger partial charge >= 0.3 is 12.1 Å². The number of methoxy groups -OCH3 is 1. The Hall–Kier alpha value is -3.70. The summed E-state index contributed by atoms with van der Waals surface area (Å²) in [6.45, 7) is 1.59. The molecular weight excluding hydrogens is 444 g/mol. The molecule has 3 aliphatic heterocycles. The summed E-state index contributed by atoms with van der Waals surface area (Å²) in [6.07, 6.45) is -1.01. The molecule has 4 aliphatic rings. The third-order valence-electron chi connectivity index (χ3n) is 7.17. The molecule has 5 rings (SSSR count). The van der Waals surface area contributed by atoms with E-state index < -0.39 is 29.5 Å². The van der Waals surface area contributed by atoms with Gasteiger partial charge in [0.1, 0.15) is 13.3 Å². The molecule has 1 aliphatic carbocycles. The van der Waals surface area contributed by atoms with Crippen LogP contribution in [-0.4, -0.2) is 78.2 Å². The van der Waals surface area contributed by atoms with Crippen LogP contribution >= 0.6 is 0 Å². The minimum atomic E-state index is -1.19. The second kappa shape index (κ2) is 7.67. The molecule has 2 fully saturated rings. The normalized spacial score (nSPS) is 31.3. The van der Waals surface area contributed by atoms with E-state index in [1.165, 1.54) is 14.0 Å². The Labute approximate surface area is 194 Å². The molecule has 1 amide bonds. The largest absolute Gasteiger partial charge is 0.449 e. The Balaban J connectivity index is 1.44. The molecule has 0 aromatic heterocycles. The Morgan fingerprint density at radius 2 is 1.85 bits per heavy atom. The maximum atomic E-state index is 13.2. The van der Waals surface area contributed by atoms with Crippen molar-refractivity contribution in [3.8, 4) is 0 Å². The number of Topliss-reactive ketones (excluding diaryl/α,β-unsaturated/α-hetero) is 2. The van der Waals surface area contributed by atoms with Crippen molar-refractivity contribution in [2.45, 2.75) is 24.7 Å². The number of hydrogen-bond acceptors (Lipinski definition) is 10. The molecule has 11 heteroatoms. The number of rotatable bonds is 6. The molecule has 1 unspecified atom stereocenters. The fourth-order valence-corrected chi connectivity index (χ4v) is 5.55. The quantitative estimate of drug-likeness (QED) is 0.328. The lowest BCUT2D eigenvalue weighted by Gasteiger charge is -2.41. The molecule has 11 nitrogen and oxygen atoms in total. The maximum Gasteiger partial charge on any atom is 0.404 e. The van der Waals surface area contributed by atoms with E-state index in [0.717, 1.165) is 0 Å². The molecule has 0 spiro atoms. The van der Waals surface area contributed by atoms with Gasteiger partial charge in [-0.05, 0) is 19.1 Å². The van der Waals surface area contributed by atoms with Gasteiger partial charge in [0.05, 0.1) is 35.0 Å². The third kappa shape index (κ3) is 2.90. The molecule has 0 bridgehead atoms. The fourth-order valence-electron chi connectivity index (χ4n) is 5.55. The number of nitrogens with two attached hydrogens (primary N) is 2. The van der Waals surface area contributed by atoms with Crippen LogP contribution in [0, 0.1) is 5.92 Å². The zero-order valence-electron chi connectivity index (χ0n) is 18.6. The number of allylic oxidation sites excluding steroid dienone is 2. The minimum absolute atomic E-state index is 0.00260.